The number of benzene rings is 2. The number of aromatic nitrogens is 2. The van der Waals surface area contributed by atoms with E-state index in [1.54, 1.807) is 0 Å². The van der Waals surface area contributed by atoms with E-state index in [0.29, 0.717) is 43.2 Å². The maximum Gasteiger partial charge on any atom is 0.253 e. The first-order valence-corrected chi connectivity index (χ1v) is 10.7. The Kier molecular flexibility index (Phi) is 6.18. The Balaban J connectivity index is 1.51. The van der Waals surface area contributed by atoms with Gasteiger partial charge in [-0.15, -0.1) is 0 Å². The zero-order valence-corrected chi connectivity index (χ0v) is 18.4. The largest absolute Gasteiger partial charge is 0.353 e. The number of amides is 1. The zero-order valence-electron chi connectivity index (χ0n) is 17.6. The number of aryl methyl sites for hydroxylation is 2. The van der Waals surface area contributed by atoms with Crippen LogP contribution >= 0.6 is 11.6 Å². The lowest BCUT2D eigenvalue weighted by Gasteiger charge is -2.36. The molecule has 0 aliphatic carbocycles. The minimum Gasteiger partial charge on any atom is -0.353 e. The molecule has 5 nitrogen and oxygen atoms in total. The minimum absolute atomic E-state index is 0.0731. The lowest BCUT2D eigenvalue weighted by Crippen LogP contribution is -2.49. The highest BCUT2D eigenvalue weighted by Crippen LogP contribution is 2.26. The summed E-state index contributed by atoms with van der Waals surface area (Å²) in [5.74, 6) is 1.24. The summed E-state index contributed by atoms with van der Waals surface area (Å²) in [6.07, 6.45) is 0.716. The second-order valence-corrected chi connectivity index (χ2v) is 8.18. The van der Waals surface area contributed by atoms with Gasteiger partial charge in [0.25, 0.3) is 5.91 Å². The first-order chi connectivity index (χ1) is 14.9. The molecule has 1 aromatic heterocycles. The topological polar surface area (TPSA) is 49.3 Å². The van der Waals surface area contributed by atoms with Crippen molar-refractivity contribution in [3.8, 4) is 0 Å². The standard InChI is InChI=1S/C24H24ClFN4O/c1-16-22(15-18-3-7-20(25)8-4-18)23(28-17(2)27-16)29-11-13-30(14-12-29)24(31)19-5-9-21(26)10-6-19/h3-10H,11-15H2,1-2H3. The molecule has 1 aliphatic rings. The van der Waals surface area contributed by atoms with E-state index < -0.39 is 0 Å². The number of nitrogens with zero attached hydrogens (tertiary/aromatic N) is 4. The molecule has 160 valence electrons. The van der Waals surface area contributed by atoms with Crippen molar-refractivity contribution in [2.24, 2.45) is 0 Å². The molecule has 4 rings (SSSR count). The Morgan fingerprint density at radius 3 is 2.26 bits per heavy atom. The van der Waals surface area contributed by atoms with Gasteiger partial charge in [0.15, 0.2) is 0 Å². The molecular weight excluding hydrogens is 415 g/mol. The van der Waals surface area contributed by atoms with E-state index in [2.05, 4.69) is 9.88 Å². The van der Waals surface area contributed by atoms with E-state index >= 15 is 0 Å². The van der Waals surface area contributed by atoms with Crippen LogP contribution < -0.4 is 4.90 Å². The lowest BCUT2D eigenvalue weighted by molar-refractivity contribution is 0.0746. The summed E-state index contributed by atoms with van der Waals surface area (Å²) in [4.78, 5) is 26.1. The predicted molar refractivity (Wildman–Crippen MR) is 120 cm³/mol. The van der Waals surface area contributed by atoms with Crippen molar-refractivity contribution in [3.05, 3.63) is 87.6 Å². The van der Waals surface area contributed by atoms with Crippen LogP contribution in [0.25, 0.3) is 0 Å². The second-order valence-electron chi connectivity index (χ2n) is 7.75. The van der Waals surface area contributed by atoms with Crippen LogP contribution in [0, 0.1) is 19.7 Å². The van der Waals surface area contributed by atoms with Crippen LogP contribution in [0.5, 0.6) is 0 Å². The van der Waals surface area contributed by atoms with Crippen molar-refractivity contribution in [2.75, 3.05) is 31.1 Å². The second kappa shape index (κ2) is 9.02. The number of hydrogen-bond donors (Lipinski definition) is 0. The number of halogens is 2. The van der Waals surface area contributed by atoms with Crippen molar-refractivity contribution in [2.45, 2.75) is 20.3 Å². The molecule has 3 aromatic rings. The van der Waals surface area contributed by atoms with Gasteiger partial charge in [-0.2, -0.15) is 0 Å². The molecule has 0 unspecified atom stereocenters. The van der Waals surface area contributed by atoms with Crippen LogP contribution in [0.1, 0.15) is 33.0 Å². The van der Waals surface area contributed by atoms with E-state index in [0.717, 1.165) is 28.5 Å². The number of piperazine rings is 1. The van der Waals surface area contributed by atoms with Gasteiger partial charge in [-0.3, -0.25) is 4.79 Å². The van der Waals surface area contributed by atoms with E-state index in [1.165, 1.54) is 24.3 Å². The Labute approximate surface area is 186 Å². The van der Waals surface area contributed by atoms with E-state index in [4.69, 9.17) is 16.6 Å². The van der Waals surface area contributed by atoms with Crippen LogP contribution in [-0.2, 0) is 6.42 Å². The van der Waals surface area contributed by atoms with Crippen molar-refractivity contribution in [1.82, 2.24) is 14.9 Å². The van der Waals surface area contributed by atoms with Gasteiger partial charge < -0.3 is 9.80 Å². The third kappa shape index (κ3) is 4.85. The lowest BCUT2D eigenvalue weighted by atomic mass is 10.0. The molecule has 1 aliphatic heterocycles. The summed E-state index contributed by atoms with van der Waals surface area (Å²) in [7, 11) is 0. The molecule has 1 saturated heterocycles. The molecule has 1 amide bonds. The fourth-order valence-electron chi connectivity index (χ4n) is 3.89. The van der Waals surface area contributed by atoms with Crippen LogP contribution in [0.2, 0.25) is 5.02 Å². The Morgan fingerprint density at radius 2 is 1.61 bits per heavy atom. The Bertz CT molecular complexity index is 1080. The molecule has 0 N–H and O–H groups in total. The van der Waals surface area contributed by atoms with Gasteiger partial charge in [-0.1, -0.05) is 23.7 Å². The quantitative estimate of drug-likeness (QED) is 0.604. The first-order valence-electron chi connectivity index (χ1n) is 10.3. The molecule has 2 heterocycles. The Hall–Kier alpha value is -2.99. The smallest absolute Gasteiger partial charge is 0.253 e. The summed E-state index contributed by atoms with van der Waals surface area (Å²) in [6, 6.07) is 13.5. The van der Waals surface area contributed by atoms with E-state index in [-0.39, 0.29) is 11.7 Å². The number of carbonyl (C=O) groups is 1. The maximum absolute atomic E-state index is 13.2. The summed E-state index contributed by atoms with van der Waals surface area (Å²) in [5.41, 5.74) is 3.70. The summed E-state index contributed by atoms with van der Waals surface area (Å²) >= 11 is 6.03. The Morgan fingerprint density at radius 1 is 0.968 bits per heavy atom. The zero-order chi connectivity index (χ0) is 22.0. The van der Waals surface area contributed by atoms with Crippen molar-refractivity contribution < 1.29 is 9.18 Å². The third-order valence-electron chi connectivity index (χ3n) is 5.56. The molecule has 0 saturated carbocycles. The third-order valence-corrected chi connectivity index (χ3v) is 5.81. The highest BCUT2D eigenvalue weighted by Gasteiger charge is 2.25. The molecule has 0 radical (unpaired) electrons. The van der Waals surface area contributed by atoms with E-state index in [9.17, 15) is 9.18 Å². The molecular formula is C24H24ClFN4O. The molecule has 0 spiro atoms. The van der Waals surface area contributed by atoms with Crippen molar-refractivity contribution in [3.63, 3.8) is 0 Å². The predicted octanol–water partition coefficient (Wildman–Crippen LogP) is 4.44. The van der Waals surface area contributed by atoms with Gasteiger partial charge in [0.1, 0.15) is 17.5 Å². The van der Waals surface area contributed by atoms with Gasteiger partial charge >= 0.3 is 0 Å². The van der Waals surface area contributed by atoms with Gasteiger partial charge in [-0.05, 0) is 55.8 Å². The summed E-state index contributed by atoms with van der Waals surface area (Å²) in [5, 5.41) is 0.711. The average Bonchev–Trinajstić information content (AvgIpc) is 2.77. The monoisotopic (exact) mass is 438 g/mol. The first kappa shape index (κ1) is 21.2. The van der Waals surface area contributed by atoms with Crippen LogP contribution in [0.4, 0.5) is 10.2 Å². The van der Waals surface area contributed by atoms with Crippen molar-refractivity contribution >= 4 is 23.3 Å². The molecule has 7 heteroatoms. The van der Waals surface area contributed by atoms with Crippen LogP contribution in [-0.4, -0.2) is 47.0 Å². The number of rotatable bonds is 4. The molecule has 2 aromatic carbocycles. The van der Waals surface area contributed by atoms with Gasteiger partial charge in [0.05, 0.1) is 0 Å². The fraction of sp³-hybridized carbons (Fsp3) is 0.292. The molecule has 1 fully saturated rings. The minimum atomic E-state index is -0.343. The average molecular weight is 439 g/mol. The fourth-order valence-corrected chi connectivity index (χ4v) is 4.02. The summed E-state index contributed by atoms with van der Waals surface area (Å²) < 4.78 is 13.2. The van der Waals surface area contributed by atoms with Gasteiger partial charge in [0, 0.05) is 54.4 Å². The highest BCUT2D eigenvalue weighted by atomic mass is 35.5. The SMILES string of the molecule is Cc1nc(C)c(Cc2ccc(Cl)cc2)c(N2CCN(C(=O)c3ccc(F)cc3)CC2)n1. The molecule has 0 atom stereocenters. The number of carbonyl (C=O) groups excluding carboxylic acids is 1. The van der Waals surface area contributed by atoms with Gasteiger partial charge in [-0.25, -0.2) is 14.4 Å². The molecule has 31 heavy (non-hydrogen) atoms. The normalized spacial score (nSPS) is 14.1. The van der Waals surface area contributed by atoms with Crippen LogP contribution in [0.15, 0.2) is 48.5 Å². The maximum atomic E-state index is 13.2. The van der Waals surface area contributed by atoms with Gasteiger partial charge in [0.2, 0.25) is 0 Å². The summed E-state index contributed by atoms with van der Waals surface area (Å²) in [6.45, 7) is 6.43. The van der Waals surface area contributed by atoms with Crippen LogP contribution in [0.3, 0.4) is 0 Å². The number of hydrogen-bond acceptors (Lipinski definition) is 4. The van der Waals surface area contributed by atoms with E-state index in [1.807, 2.05) is 43.0 Å². The number of anilines is 1. The molecule has 0 bridgehead atoms. The van der Waals surface area contributed by atoms with Crippen molar-refractivity contribution in [1.29, 1.82) is 0 Å². The highest BCUT2D eigenvalue weighted by molar-refractivity contribution is 6.30.